The molecule has 1 aliphatic heterocycles. The molecule has 0 radical (unpaired) electrons. The van der Waals surface area contributed by atoms with E-state index in [1.807, 2.05) is 13.8 Å². The van der Waals surface area contributed by atoms with E-state index in [4.69, 9.17) is 36.2 Å². The van der Waals surface area contributed by atoms with Gasteiger partial charge in [-0.1, -0.05) is 20.3 Å². The Morgan fingerprint density at radius 3 is 2.42 bits per heavy atom. The third-order valence-electron chi connectivity index (χ3n) is 5.45. The molecule has 17 nitrogen and oxygen atoms in total. The number of rotatable bonds is 7. The number of furan rings is 1. The normalized spacial score (nSPS) is 22.6. The molecule has 1 saturated heterocycles. The number of aromatic nitrogens is 4. The number of aliphatic carboxylic acids is 1. The van der Waals surface area contributed by atoms with Gasteiger partial charge in [-0.05, 0) is 12.0 Å². The quantitative estimate of drug-likeness (QED) is 0.169. The highest BCUT2D eigenvalue weighted by molar-refractivity contribution is 7.46. The minimum atomic E-state index is -4.72. The largest absolute Gasteiger partial charge is 0.481 e. The van der Waals surface area contributed by atoms with E-state index in [1.54, 1.807) is 6.07 Å². The Morgan fingerprint density at radius 1 is 1.26 bits per heavy atom. The molecule has 212 valence electrons. The number of nitrogens with zero attached hydrogens (tertiary/aromatic N) is 4. The van der Waals surface area contributed by atoms with Crippen LogP contribution in [0.1, 0.15) is 26.5 Å². The number of imidazole rings is 1. The Balaban J connectivity index is 0.000000277. The van der Waals surface area contributed by atoms with Crippen molar-refractivity contribution in [2.45, 2.75) is 50.8 Å². The van der Waals surface area contributed by atoms with Crippen LogP contribution in [0.4, 0.5) is 5.82 Å². The Morgan fingerprint density at radius 2 is 1.95 bits per heavy atom. The lowest BCUT2D eigenvalue weighted by Crippen LogP contribution is -2.36. The van der Waals surface area contributed by atoms with Crippen molar-refractivity contribution in [3.05, 3.63) is 31.1 Å². The lowest BCUT2D eigenvalue weighted by molar-refractivity contribution is -0.139. The van der Waals surface area contributed by atoms with E-state index in [2.05, 4.69) is 23.9 Å². The second-order valence-electron chi connectivity index (χ2n) is 8.12. The van der Waals surface area contributed by atoms with Gasteiger partial charge in [0.15, 0.2) is 17.7 Å². The highest BCUT2D eigenvalue weighted by Gasteiger charge is 2.45. The second kappa shape index (κ2) is 13.6. The fourth-order valence-electron chi connectivity index (χ4n) is 3.09. The van der Waals surface area contributed by atoms with Crippen molar-refractivity contribution >= 4 is 30.8 Å². The van der Waals surface area contributed by atoms with Gasteiger partial charge in [0, 0.05) is 6.07 Å². The third kappa shape index (κ3) is 8.44. The highest BCUT2D eigenvalue weighted by atomic mass is 31.2. The van der Waals surface area contributed by atoms with E-state index >= 15 is 0 Å². The summed E-state index contributed by atoms with van der Waals surface area (Å²) in [6.07, 6.45) is -0.265. The molecule has 6 atom stereocenters. The van der Waals surface area contributed by atoms with Crippen molar-refractivity contribution in [1.82, 2.24) is 19.5 Å². The van der Waals surface area contributed by atoms with Crippen LogP contribution >= 0.6 is 7.82 Å². The molecular weight excluding hydrogens is 531 g/mol. The zero-order chi connectivity index (χ0) is 28.6. The Kier molecular flexibility index (Phi) is 11.1. The first-order chi connectivity index (χ1) is 17.8. The first-order valence-electron chi connectivity index (χ1n) is 11.1. The smallest absolute Gasteiger partial charge is 0.469 e. The van der Waals surface area contributed by atoms with Gasteiger partial charge in [-0.15, -0.1) is 0 Å². The number of aliphatic hydroxyl groups excluding tert-OH is 2. The van der Waals surface area contributed by atoms with Crippen LogP contribution in [0.3, 0.4) is 0 Å². The Bertz CT molecular complexity index is 1200. The van der Waals surface area contributed by atoms with E-state index in [1.165, 1.54) is 29.6 Å². The van der Waals surface area contributed by atoms with Crippen molar-refractivity contribution in [2.75, 3.05) is 12.3 Å². The van der Waals surface area contributed by atoms with Gasteiger partial charge in [-0.25, -0.2) is 19.5 Å². The number of carboxylic acid groups (broad SMARTS) is 1. The molecule has 10 N–H and O–H groups in total. The maximum Gasteiger partial charge on any atom is 0.469 e. The van der Waals surface area contributed by atoms with Crippen molar-refractivity contribution in [3.63, 3.8) is 0 Å². The van der Waals surface area contributed by atoms with Gasteiger partial charge in [0.2, 0.25) is 0 Å². The number of fused-ring (bicyclic) bond motifs is 1. The summed E-state index contributed by atoms with van der Waals surface area (Å²) >= 11 is 0. The molecular formula is C20H31N6O11P. The fraction of sp³-hybridized carbons (Fsp3) is 0.500. The van der Waals surface area contributed by atoms with Crippen molar-refractivity contribution < 1.29 is 53.3 Å². The third-order valence-corrected chi connectivity index (χ3v) is 5.94. The summed E-state index contributed by atoms with van der Waals surface area (Å²) in [6.45, 7) is 3.16. The molecule has 0 spiro atoms. The molecule has 4 rings (SSSR count). The molecule has 38 heavy (non-hydrogen) atoms. The number of aromatic hydroxyl groups is 1. The predicted molar refractivity (Wildman–Crippen MR) is 129 cm³/mol. The standard InChI is InChI=1S/C10H14N5O7P.C6H13NO2.C4H4O2/c11-8-5-9(13-2-12-8)15(3-14-5)10-7(17)6(16)4(22-10)1-21-23(18,19)20;1-3-4(2)5(7)6(8)9;5-4-2-1-3-6-4/h2-4,6-7,10,16-17H,1H2,(H2,11,12,13)(H2,18,19,20);4-5H,3,7H2,1-2H3,(H,8,9);1-3,5H/t4-,6-,7-,10-;4-,5-;/m10./s1. The average molecular weight is 562 g/mol. The molecule has 3 aromatic heterocycles. The van der Waals surface area contributed by atoms with Crippen LogP contribution in [0.2, 0.25) is 0 Å². The van der Waals surface area contributed by atoms with Crippen LogP contribution in [0.5, 0.6) is 5.95 Å². The van der Waals surface area contributed by atoms with E-state index in [0.717, 1.165) is 6.42 Å². The Hall–Kier alpha value is -3.15. The van der Waals surface area contributed by atoms with Crippen LogP contribution in [0.15, 0.2) is 35.5 Å². The lowest BCUT2D eigenvalue weighted by atomic mass is 10.0. The van der Waals surface area contributed by atoms with Gasteiger partial charge in [0.05, 0.1) is 19.2 Å². The van der Waals surface area contributed by atoms with E-state index in [-0.39, 0.29) is 23.3 Å². The topological polar surface area (TPSA) is 283 Å². The van der Waals surface area contributed by atoms with Crippen molar-refractivity contribution in [1.29, 1.82) is 0 Å². The molecule has 0 unspecified atom stereocenters. The molecule has 1 aliphatic rings. The molecule has 4 heterocycles. The number of carboxylic acids is 1. The summed E-state index contributed by atoms with van der Waals surface area (Å²) in [6, 6.07) is 2.39. The summed E-state index contributed by atoms with van der Waals surface area (Å²) in [4.78, 5) is 39.4. The molecule has 0 bridgehead atoms. The summed E-state index contributed by atoms with van der Waals surface area (Å²) in [5, 5.41) is 36.7. The van der Waals surface area contributed by atoms with Crippen molar-refractivity contribution in [2.24, 2.45) is 11.7 Å². The number of hydrogen-bond donors (Lipinski definition) is 8. The summed E-state index contributed by atoms with van der Waals surface area (Å²) < 4.78 is 26.2. The number of carbonyl (C=O) groups is 1. The van der Waals surface area contributed by atoms with Gasteiger partial charge < -0.3 is 50.8 Å². The number of phosphoric acid groups is 1. The summed E-state index contributed by atoms with van der Waals surface area (Å²) in [5.74, 6) is -0.731. The number of anilines is 1. The van der Waals surface area contributed by atoms with Gasteiger partial charge in [-0.2, -0.15) is 0 Å². The lowest BCUT2D eigenvalue weighted by Gasteiger charge is -2.16. The maximum absolute atomic E-state index is 10.7. The molecule has 0 saturated carbocycles. The van der Waals surface area contributed by atoms with Crippen LogP contribution in [0, 0.1) is 5.92 Å². The van der Waals surface area contributed by atoms with Gasteiger partial charge in [-0.3, -0.25) is 13.9 Å². The van der Waals surface area contributed by atoms with Gasteiger partial charge in [0.1, 0.15) is 36.2 Å². The summed E-state index contributed by atoms with van der Waals surface area (Å²) in [5.41, 5.74) is 11.5. The monoisotopic (exact) mass is 562 g/mol. The molecule has 3 aromatic rings. The number of nitrogens with two attached hydrogens (primary N) is 2. The fourth-order valence-corrected chi connectivity index (χ4v) is 3.43. The number of nitrogen functional groups attached to an aromatic ring is 1. The molecule has 0 aromatic carbocycles. The van der Waals surface area contributed by atoms with E-state index < -0.39 is 51.0 Å². The number of phosphoric ester groups is 1. The highest BCUT2D eigenvalue weighted by Crippen LogP contribution is 2.38. The number of hydrogen-bond acceptors (Lipinski definition) is 13. The van der Waals surface area contributed by atoms with Gasteiger partial charge in [0.25, 0.3) is 5.95 Å². The molecule has 0 aliphatic carbocycles. The van der Waals surface area contributed by atoms with Crippen molar-refractivity contribution in [3.8, 4) is 5.95 Å². The van der Waals surface area contributed by atoms with Crippen LogP contribution in [0.25, 0.3) is 11.2 Å². The number of ether oxygens (including phenoxy) is 1. The second-order valence-corrected chi connectivity index (χ2v) is 9.36. The van der Waals surface area contributed by atoms with Crippen LogP contribution in [-0.2, 0) is 18.6 Å². The molecule has 0 amide bonds. The van der Waals surface area contributed by atoms with Crippen LogP contribution in [-0.4, -0.2) is 86.7 Å². The van der Waals surface area contributed by atoms with E-state index in [9.17, 15) is 19.6 Å². The zero-order valence-electron chi connectivity index (χ0n) is 20.4. The molecule has 1 fully saturated rings. The SMILES string of the molecule is CC[C@H](C)[C@H](N)C(=O)O.Nc1ncnc2c1ncn2[C@@H]1O[C@H](COP(=O)(O)O)[C@@H](O)[C@H]1O.Oc1ccco1. The van der Waals surface area contributed by atoms with Gasteiger partial charge >= 0.3 is 13.8 Å². The van der Waals surface area contributed by atoms with Crippen LogP contribution < -0.4 is 11.5 Å². The predicted octanol–water partition coefficient (Wildman–Crippen LogP) is -0.433. The number of aliphatic hydroxyl groups is 2. The Labute approximate surface area is 215 Å². The average Bonchev–Trinajstić information content (AvgIpc) is 3.58. The molecule has 18 heteroatoms. The summed E-state index contributed by atoms with van der Waals surface area (Å²) in [7, 11) is -4.72. The zero-order valence-corrected chi connectivity index (χ0v) is 21.3. The first-order valence-corrected chi connectivity index (χ1v) is 12.6. The minimum absolute atomic E-state index is 0.0324. The maximum atomic E-state index is 10.7. The first kappa shape index (κ1) is 31.1. The van der Waals surface area contributed by atoms with E-state index in [0.29, 0.717) is 5.52 Å². The minimum Gasteiger partial charge on any atom is -0.481 e.